The number of rotatable bonds is 4. The second kappa shape index (κ2) is 7.46. The molecule has 0 aliphatic rings. The summed E-state index contributed by atoms with van der Waals surface area (Å²) in [6.45, 7) is 0. The quantitative estimate of drug-likeness (QED) is 0.493. The number of pyridine rings is 1. The monoisotopic (exact) mass is 391 g/mol. The molecule has 0 radical (unpaired) electrons. The van der Waals surface area contributed by atoms with Gasteiger partial charge in [0.05, 0.1) is 16.8 Å². The van der Waals surface area contributed by atoms with E-state index in [9.17, 15) is 9.59 Å². The molecular weight excluding hydrogens is 374 g/mol. The Hall–Kier alpha value is -3.15. The summed E-state index contributed by atoms with van der Waals surface area (Å²) in [5.74, 6) is -0.334. The number of H-pyrrole nitrogens is 1. The number of hydrogen-bond acceptors (Lipinski definition) is 3. The first-order valence-electron chi connectivity index (χ1n) is 8.86. The fourth-order valence-electron chi connectivity index (χ4n) is 3.24. The van der Waals surface area contributed by atoms with E-state index in [2.05, 4.69) is 10.3 Å². The molecule has 3 aromatic carbocycles. The van der Waals surface area contributed by atoms with Crippen molar-refractivity contribution in [1.82, 2.24) is 4.98 Å². The molecule has 1 atom stereocenters. The normalized spacial score (nSPS) is 12.2. The maximum atomic E-state index is 12.6. The zero-order chi connectivity index (χ0) is 19.7. The van der Waals surface area contributed by atoms with Gasteiger partial charge in [0.25, 0.3) is 5.56 Å². The lowest BCUT2D eigenvalue weighted by atomic mass is 10.0. The molecule has 0 bridgehead atoms. The van der Waals surface area contributed by atoms with Crippen molar-refractivity contribution in [3.8, 4) is 0 Å². The van der Waals surface area contributed by atoms with Gasteiger partial charge in [0.15, 0.2) is 0 Å². The number of amides is 1. The highest BCUT2D eigenvalue weighted by atomic mass is 35.5. The van der Waals surface area contributed by atoms with Crippen molar-refractivity contribution in [2.24, 2.45) is 5.73 Å². The lowest BCUT2D eigenvalue weighted by molar-refractivity contribution is -0.117. The Morgan fingerprint density at radius 2 is 1.82 bits per heavy atom. The van der Waals surface area contributed by atoms with Crippen molar-refractivity contribution in [2.75, 3.05) is 5.32 Å². The minimum absolute atomic E-state index is 0.231. The van der Waals surface area contributed by atoms with Gasteiger partial charge < -0.3 is 16.0 Å². The van der Waals surface area contributed by atoms with Crippen LogP contribution in [-0.4, -0.2) is 16.9 Å². The van der Waals surface area contributed by atoms with Gasteiger partial charge in [0.2, 0.25) is 5.91 Å². The fraction of sp³-hybridized carbons (Fsp3) is 0.0909. The van der Waals surface area contributed by atoms with Gasteiger partial charge in [-0.1, -0.05) is 54.1 Å². The number of carbonyl (C=O) groups is 1. The zero-order valence-corrected chi connectivity index (χ0v) is 15.7. The van der Waals surface area contributed by atoms with Crippen LogP contribution in [0.25, 0.3) is 21.5 Å². The lowest BCUT2D eigenvalue weighted by Gasteiger charge is -2.14. The summed E-state index contributed by atoms with van der Waals surface area (Å²) in [6, 6.07) is 18.3. The SMILES string of the molecule is NC(Cc1ccc2ccccc2c1)C(=O)Nc1cc2cc[nH]c(=O)c2cc1Cl. The summed E-state index contributed by atoms with van der Waals surface area (Å²) < 4.78 is 0. The minimum Gasteiger partial charge on any atom is -0.329 e. The van der Waals surface area contributed by atoms with E-state index in [1.807, 2.05) is 42.5 Å². The van der Waals surface area contributed by atoms with Crippen LogP contribution in [0.1, 0.15) is 5.56 Å². The number of nitrogens with two attached hydrogens (primary N) is 1. The molecule has 140 valence electrons. The van der Waals surface area contributed by atoms with Gasteiger partial charge >= 0.3 is 0 Å². The number of carbonyl (C=O) groups excluding carboxylic acids is 1. The van der Waals surface area contributed by atoms with E-state index >= 15 is 0 Å². The molecule has 4 rings (SSSR count). The molecule has 1 amide bonds. The van der Waals surface area contributed by atoms with E-state index in [0.717, 1.165) is 16.3 Å². The number of hydrogen-bond donors (Lipinski definition) is 3. The van der Waals surface area contributed by atoms with Crippen molar-refractivity contribution >= 4 is 44.7 Å². The van der Waals surface area contributed by atoms with Crippen LogP contribution in [0.5, 0.6) is 0 Å². The van der Waals surface area contributed by atoms with Gasteiger partial charge in [-0.05, 0) is 46.3 Å². The molecule has 1 unspecified atom stereocenters. The Morgan fingerprint density at radius 3 is 2.64 bits per heavy atom. The molecule has 4 N–H and O–H groups in total. The van der Waals surface area contributed by atoms with Crippen LogP contribution >= 0.6 is 11.6 Å². The summed E-state index contributed by atoms with van der Waals surface area (Å²) in [6.07, 6.45) is 1.96. The minimum atomic E-state index is -0.730. The van der Waals surface area contributed by atoms with Crippen LogP contribution in [0.3, 0.4) is 0 Å². The fourth-order valence-corrected chi connectivity index (χ4v) is 3.45. The van der Waals surface area contributed by atoms with Crippen molar-refractivity contribution in [3.05, 3.63) is 87.8 Å². The van der Waals surface area contributed by atoms with Gasteiger partial charge in [-0.3, -0.25) is 9.59 Å². The number of nitrogens with one attached hydrogen (secondary N) is 2. The number of anilines is 1. The van der Waals surface area contributed by atoms with Crippen LogP contribution in [0, 0.1) is 0 Å². The first kappa shape index (κ1) is 18.2. The molecular formula is C22H18ClN3O2. The van der Waals surface area contributed by atoms with E-state index in [0.29, 0.717) is 22.9 Å². The maximum Gasteiger partial charge on any atom is 0.255 e. The number of aromatic nitrogens is 1. The first-order valence-corrected chi connectivity index (χ1v) is 9.24. The zero-order valence-electron chi connectivity index (χ0n) is 14.9. The van der Waals surface area contributed by atoms with E-state index in [1.165, 1.54) is 0 Å². The predicted octanol–water partition coefficient (Wildman–Crippen LogP) is 3.84. The highest BCUT2D eigenvalue weighted by Gasteiger charge is 2.16. The van der Waals surface area contributed by atoms with Gasteiger partial charge in [-0.15, -0.1) is 0 Å². The first-order chi connectivity index (χ1) is 13.5. The third kappa shape index (κ3) is 3.63. The highest BCUT2D eigenvalue weighted by molar-refractivity contribution is 6.34. The lowest BCUT2D eigenvalue weighted by Crippen LogP contribution is -2.37. The van der Waals surface area contributed by atoms with Gasteiger partial charge in [-0.2, -0.15) is 0 Å². The standard InChI is InChI=1S/C22H18ClN3O2/c23-18-12-17-16(7-8-25-21(17)27)11-20(18)26-22(28)19(24)10-13-5-6-14-3-1-2-4-15(14)9-13/h1-9,11-12,19H,10,24H2,(H,25,27)(H,26,28). The molecule has 4 aromatic rings. The van der Waals surface area contributed by atoms with E-state index in [4.69, 9.17) is 17.3 Å². The Balaban J connectivity index is 1.53. The van der Waals surface area contributed by atoms with E-state index in [-0.39, 0.29) is 16.5 Å². The molecule has 6 heteroatoms. The maximum absolute atomic E-state index is 12.6. The average Bonchev–Trinajstić information content (AvgIpc) is 2.69. The molecule has 0 saturated heterocycles. The average molecular weight is 392 g/mol. The smallest absolute Gasteiger partial charge is 0.255 e. The van der Waals surface area contributed by atoms with Crippen LogP contribution in [0.15, 0.2) is 71.7 Å². The second-order valence-corrected chi connectivity index (χ2v) is 7.11. The molecule has 0 fully saturated rings. The third-order valence-electron chi connectivity index (χ3n) is 4.73. The van der Waals surface area contributed by atoms with Crippen molar-refractivity contribution < 1.29 is 4.79 Å². The topological polar surface area (TPSA) is 88.0 Å². The van der Waals surface area contributed by atoms with Crippen molar-refractivity contribution in [3.63, 3.8) is 0 Å². The second-order valence-electron chi connectivity index (χ2n) is 6.71. The summed E-state index contributed by atoms with van der Waals surface area (Å²) in [4.78, 5) is 27.0. The van der Waals surface area contributed by atoms with E-state index in [1.54, 1.807) is 24.4 Å². The molecule has 1 heterocycles. The number of benzene rings is 3. The van der Waals surface area contributed by atoms with Gasteiger partial charge in [0, 0.05) is 11.6 Å². The Bertz CT molecular complexity index is 1250. The molecule has 0 spiro atoms. The largest absolute Gasteiger partial charge is 0.329 e. The van der Waals surface area contributed by atoms with Crippen LogP contribution in [-0.2, 0) is 11.2 Å². The molecule has 0 saturated carbocycles. The van der Waals surface area contributed by atoms with E-state index < -0.39 is 6.04 Å². The third-order valence-corrected chi connectivity index (χ3v) is 5.04. The molecule has 0 aliphatic heterocycles. The van der Waals surface area contributed by atoms with Gasteiger partial charge in [0.1, 0.15) is 0 Å². The van der Waals surface area contributed by atoms with Crippen LogP contribution < -0.4 is 16.6 Å². The number of halogens is 1. The highest BCUT2D eigenvalue weighted by Crippen LogP contribution is 2.26. The van der Waals surface area contributed by atoms with Gasteiger partial charge in [-0.25, -0.2) is 0 Å². The van der Waals surface area contributed by atoms with Crippen molar-refractivity contribution in [1.29, 1.82) is 0 Å². The summed E-state index contributed by atoms with van der Waals surface area (Å²) in [7, 11) is 0. The summed E-state index contributed by atoms with van der Waals surface area (Å²) in [5, 5.41) is 6.46. The summed E-state index contributed by atoms with van der Waals surface area (Å²) in [5.41, 5.74) is 7.30. The Labute approximate surface area is 166 Å². The van der Waals surface area contributed by atoms with Crippen LogP contribution in [0.4, 0.5) is 5.69 Å². The molecule has 0 aliphatic carbocycles. The predicted molar refractivity (Wildman–Crippen MR) is 114 cm³/mol. The van der Waals surface area contributed by atoms with Crippen molar-refractivity contribution in [2.45, 2.75) is 12.5 Å². The molecule has 28 heavy (non-hydrogen) atoms. The Morgan fingerprint density at radius 1 is 1.04 bits per heavy atom. The Kier molecular flexibility index (Phi) is 4.86. The number of fused-ring (bicyclic) bond motifs is 2. The number of aromatic amines is 1. The molecule has 5 nitrogen and oxygen atoms in total. The molecule has 1 aromatic heterocycles. The summed E-state index contributed by atoms with van der Waals surface area (Å²) >= 11 is 6.24. The van der Waals surface area contributed by atoms with Crippen LogP contribution in [0.2, 0.25) is 5.02 Å².